The van der Waals surface area contributed by atoms with Gasteiger partial charge in [0.05, 0.1) is 6.10 Å². The van der Waals surface area contributed by atoms with Gasteiger partial charge in [-0.25, -0.2) is 0 Å². The Labute approximate surface area is 93.1 Å². The van der Waals surface area contributed by atoms with Crippen molar-refractivity contribution in [2.45, 2.75) is 44.6 Å². The van der Waals surface area contributed by atoms with Gasteiger partial charge in [-0.3, -0.25) is 0 Å². The smallest absolute Gasteiger partial charge is 0.0755 e. The molecule has 1 heterocycles. The molecule has 0 amide bonds. The standard InChI is InChI=1S/C13H23NO/c1-2-6-13(7-3-1)15-10-8-12-5-4-9-14-11-12/h2,6,12-14H,1,3-5,7-11H2. The number of hydrogen-bond acceptors (Lipinski definition) is 2. The second-order valence-electron chi connectivity index (χ2n) is 4.77. The Morgan fingerprint density at radius 2 is 2.27 bits per heavy atom. The molecule has 0 spiro atoms. The summed E-state index contributed by atoms with van der Waals surface area (Å²) in [4.78, 5) is 0. The minimum absolute atomic E-state index is 0.412. The fraction of sp³-hybridized carbons (Fsp3) is 0.846. The highest BCUT2D eigenvalue weighted by atomic mass is 16.5. The molecule has 2 heteroatoms. The van der Waals surface area contributed by atoms with Crippen molar-refractivity contribution in [3.05, 3.63) is 12.2 Å². The van der Waals surface area contributed by atoms with Crippen LogP contribution in [-0.2, 0) is 4.74 Å². The van der Waals surface area contributed by atoms with Crippen molar-refractivity contribution in [1.82, 2.24) is 5.32 Å². The minimum atomic E-state index is 0.412. The molecule has 2 rings (SSSR count). The Hall–Kier alpha value is -0.340. The van der Waals surface area contributed by atoms with Crippen LogP contribution in [0.5, 0.6) is 0 Å². The van der Waals surface area contributed by atoms with E-state index in [2.05, 4.69) is 17.5 Å². The van der Waals surface area contributed by atoms with Crippen molar-refractivity contribution >= 4 is 0 Å². The van der Waals surface area contributed by atoms with E-state index in [0.29, 0.717) is 6.10 Å². The van der Waals surface area contributed by atoms with Crippen molar-refractivity contribution in [2.75, 3.05) is 19.7 Å². The van der Waals surface area contributed by atoms with Gasteiger partial charge in [-0.1, -0.05) is 12.2 Å². The van der Waals surface area contributed by atoms with Crippen LogP contribution in [0.3, 0.4) is 0 Å². The lowest BCUT2D eigenvalue weighted by atomic mass is 9.97. The molecule has 0 saturated carbocycles. The maximum absolute atomic E-state index is 5.87. The fourth-order valence-corrected chi connectivity index (χ4v) is 2.48. The first-order chi connectivity index (χ1) is 7.45. The molecule has 0 bridgehead atoms. The third kappa shape index (κ3) is 3.96. The molecule has 2 aliphatic rings. The lowest BCUT2D eigenvalue weighted by Crippen LogP contribution is -2.30. The van der Waals surface area contributed by atoms with E-state index in [1.54, 1.807) is 0 Å². The predicted molar refractivity (Wildman–Crippen MR) is 62.9 cm³/mol. The molecule has 1 aliphatic carbocycles. The summed E-state index contributed by atoms with van der Waals surface area (Å²) in [5.74, 6) is 0.853. The van der Waals surface area contributed by atoms with Gasteiger partial charge in [0, 0.05) is 6.61 Å². The second kappa shape index (κ2) is 6.29. The van der Waals surface area contributed by atoms with E-state index in [1.807, 2.05) is 0 Å². The molecule has 1 saturated heterocycles. The Bertz CT molecular complexity index is 197. The predicted octanol–water partition coefficient (Wildman–Crippen LogP) is 2.50. The third-order valence-corrected chi connectivity index (χ3v) is 3.47. The number of hydrogen-bond donors (Lipinski definition) is 1. The average molecular weight is 209 g/mol. The number of ether oxygens (including phenoxy) is 1. The van der Waals surface area contributed by atoms with Crippen molar-refractivity contribution in [1.29, 1.82) is 0 Å². The first kappa shape index (κ1) is 11.2. The average Bonchev–Trinajstić information content (AvgIpc) is 2.32. The van der Waals surface area contributed by atoms with Crippen LogP contribution in [0.15, 0.2) is 12.2 Å². The molecule has 0 aromatic carbocycles. The van der Waals surface area contributed by atoms with Crippen molar-refractivity contribution in [2.24, 2.45) is 5.92 Å². The number of piperidine rings is 1. The van der Waals surface area contributed by atoms with Gasteiger partial charge in [0.1, 0.15) is 0 Å². The van der Waals surface area contributed by atoms with E-state index in [4.69, 9.17) is 4.74 Å². The number of nitrogens with one attached hydrogen (secondary N) is 1. The lowest BCUT2D eigenvalue weighted by molar-refractivity contribution is 0.0631. The molecular formula is C13H23NO. The van der Waals surface area contributed by atoms with Gasteiger partial charge in [0.2, 0.25) is 0 Å². The Morgan fingerprint density at radius 3 is 3.00 bits per heavy atom. The van der Waals surface area contributed by atoms with Gasteiger partial charge < -0.3 is 10.1 Å². The maximum Gasteiger partial charge on any atom is 0.0755 e. The van der Waals surface area contributed by atoms with E-state index in [9.17, 15) is 0 Å². The maximum atomic E-state index is 5.87. The molecule has 0 aromatic rings. The minimum Gasteiger partial charge on any atom is -0.374 e. The van der Waals surface area contributed by atoms with Gasteiger partial charge in [0.25, 0.3) is 0 Å². The summed E-state index contributed by atoms with van der Waals surface area (Å²) >= 11 is 0. The summed E-state index contributed by atoms with van der Waals surface area (Å²) in [7, 11) is 0. The van der Waals surface area contributed by atoms with Crippen LogP contribution in [0.2, 0.25) is 0 Å². The van der Waals surface area contributed by atoms with Crippen LogP contribution in [0.4, 0.5) is 0 Å². The lowest BCUT2D eigenvalue weighted by Gasteiger charge is -2.24. The first-order valence-corrected chi connectivity index (χ1v) is 6.44. The molecule has 1 fully saturated rings. The zero-order valence-electron chi connectivity index (χ0n) is 9.58. The molecule has 1 N–H and O–H groups in total. The van der Waals surface area contributed by atoms with Crippen LogP contribution in [0.1, 0.15) is 38.5 Å². The Kier molecular flexibility index (Phi) is 4.68. The van der Waals surface area contributed by atoms with E-state index >= 15 is 0 Å². The second-order valence-corrected chi connectivity index (χ2v) is 4.77. The monoisotopic (exact) mass is 209 g/mol. The molecule has 15 heavy (non-hydrogen) atoms. The molecule has 2 unspecified atom stereocenters. The SMILES string of the molecule is C1=CC(OCCC2CCCNC2)CCC1. The summed E-state index contributed by atoms with van der Waals surface area (Å²) in [5, 5.41) is 3.45. The van der Waals surface area contributed by atoms with Gasteiger partial charge >= 0.3 is 0 Å². The Morgan fingerprint density at radius 1 is 1.27 bits per heavy atom. The van der Waals surface area contributed by atoms with Crippen LogP contribution in [-0.4, -0.2) is 25.8 Å². The topological polar surface area (TPSA) is 21.3 Å². The summed E-state index contributed by atoms with van der Waals surface area (Å²) in [5.41, 5.74) is 0. The molecular weight excluding hydrogens is 186 g/mol. The van der Waals surface area contributed by atoms with E-state index in [1.165, 1.54) is 51.6 Å². The zero-order valence-corrected chi connectivity index (χ0v) is 9.58. The third-order valence-electron chi connectivity index (χ3n) is 3.47. The summed E-state index contributed by atoms with van der Waals surface area (Å²) < 4.78 is 5.87. The van der Waals surface area contributed by atoms with Gasteiger partial charge in [0.15, 0.2) is 0 Å². The van der Waals surface area contributed by atoms with Crippen LogP contribution < -0.4 is 5.32 Å². The highest BCUT2D eigenvalue weighted by Crippen LogP contribution is 2.17. The quantitative estimate of drug-likeness (QED) is 0.718. The Balaban J connectivity index is 1.57. The van der Waals surface area contributed by atoms with Gasteiger partial charge in [-0.05, 0) is 57.5 Å². The van der Waals surface area contributed by atoms with Gasteiger partial charge in [-0.2, -0.15) is 0 Å². The first-order valence-electron chi connectivity index (χ1n) is 6.44. The van der Waals surface area contributed by atoms with E-state index in [0.717, 1.165) is 12.5 Å². The largest absolute Gasteiger partial charge is 0.374 e. The zero-order chi connectivity index (χ0) is 10.3. The molecule has 86 valence electrons. The molecule has 2 atom stereocenters. The van der Waals surface area contributed by atoms with Crippen LogP contribution >= 0.6 is 0 Å². The van der Waals surface area contributed by atoms with Crippen LogP contribution in [0.25, 0.3) is 0 Å². The fourth-order valence-electron chi connectivity index (χ4n) is 2.48. The van der Waals surface area contributed by atoms with Crippen molar-refractivity contribution < 1.29 is 4.74 Å². The molecule has 0 radical (unpaired) electrons. The normalized spacial score (nSPS) is 31.7. The number of allylic oxidation sites excluding steroid dienone is 1. The highest BCUT2D eigenvalue weighted by Gasteiger charge is 2.14. The number of rotatable bonds is 4. The van der Waals surface area contributed by atoms with Crippen LogP contribution in [0, 0.1) is 5.92 Å². The van der Waals surface area contributed by atoms with E-state index < -0.39 is 0 Å². The molecule has 2 nitrogen and oxygen atoms in total. The van der Waals surface area contributed by atoms with Gasteiger partial charge in [-0.15, -0.1) is 0 Å². The van der Waals surface area contributed by atoms with Crippen molar-refractivity contribution in [3.8, 4) is 0 Å². The highest BCUT2D eigenvalue weighted by molar-refractivity contribution is 4.94. The molecule has 0 aromatic heterocycles. The van der Waals surface area contributed by atoms with Crippen molar-refractivity contribution in [3.63, 3.8) is 0 Å². The molecule has 1 aliphatic heterocycles. The summed E-state index contributed by atoms with van der Waals surface area (Å²) in [6.45, 7) is 3.36. The summed E-state index contributed by atoms with van der Waals surface area (Å²) in [6, 6.07) is 0. The summed E-state index contributed by atoms with van der Waals surface area (Å²) in [6.07, 6.45) is 12.6. The van der Waals surface area contributed by atoms with E-state index in [-0.39, 0.29) is 0 Å².